The maximum atomic E-state index is 12.8. The van der Waals surface area contributed by atoms with E-state index in [1.807, 2.05) is 45.0 Å². The summed E-state index contributed by atoms with van der Waals surface area (Å²) in [5.41, 5.74) is 0.816. The highest BCUT2D eigenvalue weighted by Gasteiger charge is 2.34. The van der Waals surface area contributed by atoms with Crippen LogP contribution < -0.4 is 10.1 Å². The number of carbonyl (C=O) groups excluding carboxylic acids is 2. The van der Waals surface area contributed by atoms with Crippen LogP contribution in [0.25, 0.3) is 0 Å². The number of ether oxygens (including phenoxy) is 2. The molecule has 2 amide bonds. The first-order chi connectivity index (χ1) is 14.2. The minimum atomic E-state index is -0.591. The highest BCUT2D eigenvalue weighted by Crippen LogP contribution is 2.30. The molecule has 0 bridgehead atoms. The lowest BCUT2D eigenvalue weighted by Gasteiger charge is -2.38. The Labute approximate surface area is 177 Å². The van der Waals surface area contributed by atoms with Gasteiger partial charge in [-0.15, -0.1) is 0 Å². The van der Waals surface area contributed by atoms with Gasteiger partial charge in [0, 0.05) is 31.2 Å². The Morgan fingerprint density at radius 3 is 2.60 bits per heavy atom. The van der Waals surface area contributed by atoms with Gasteiger partial charge in [-0.05, 0) is 57.0 Å². The molecular formula is C23H29N3O4. The zero-order chi connectivity index (χ0) is 21.7. The van der Waals surface area contributed by atoms with Gasteiger partial charge in [0.2, 0.25) is 0 Å². The van der Waals surface area contributed by atoms with E-state index in [1.54, 1.807) is 36.4 Å². The number of hydrogen-bond acceptors (Lipinski definition) is 5. The van der Waals surface area contributed by atoms with Gasteiger partial charge < -0.3 is 19.7 Å². The van der Waals surface area contributed by atoms with Gasteiger partial charge in [-0.2, -0.15) is 0 Å². The summed E-state index contributed by atoms with van der Waals surface area (Å²) in [6.07, 6.45) is 1.90. The third-order valence-electron chi connectivity index (χ3n) is 4.90. The largest absolute Gasteiger partial charge is 0.497 e. The Morgan fingerprint density at radius 2 is 1.93 bits per heavy atom. The number of nitrogens with zero attached hydrogens (tertiary/aromatic N) is 2. The summed E-state index contributed by atoms with van der Waals surface area (Å²) in [6, 6.07) is 12.8. The van der Waals surface area contributed by atoms with Crippen molar-refractivity contribution in [3.63, 3.8) is 0 Å². The monoisotopic (exact) mass is 411 g/mol. The Hall–Kier alpha value is -3.09. The molecule has 7 heteroatoms. The molecule has 160 valence electrons. The lowest BCUT2D eigenvalue weighted by Crippen LogP contribution is -2.53. The molecule has 1 aromatic heterocycles. The second-order valence-corrected chi connectivity index (χ2v) is 8.48. The first kappa shape index (κ1) is 21.6. The van der Waals surface area contributed by atoms with E-state index >= 15 is 0 Å². The van der Waals surface area contributed by atoms with E-state index in [1.165, 1.54) is 0 Å². The van der Waals surface area contributed by atoms with Crippen molar-refractivity contribution in [3.05, 3.63) is 59.9 Å². The molecule has 2 aromatic rings. The second-order valence-electron chi connectivity index (χ2n) is 8.48. The average Bonchev–Trinajstić information content (AvgIpc) is 2.73. The fourth-order valence-corrected chi connectivity index (χ4v) is 3.57. The summed E-state index contributed by atoms with van der Waals surface area (Å²) in [4.78, 5) is 31.2. The van der Waals surface area contributed by atoms with Crippen molar-refractivity contribution < 1.29 is 19.1 Å². The van der Waals surface area contributed by atoms with Crippen LogP contribution in [0.3, 0.4) is 0 Å². The molecule has 2 heterocycles. The molecule has 1 aliphatic heterocycles. The summed E-state index contributed by atoms with van der Waals surface area (Å²) in [6.45, 7) is 6.42. The minimum Gasteiger partial charge on any atom is -0.497 e. The summed E-state index contributed by atoms with van der Waals surface area (Å²) in [5, 5.41) is 3.03. The lowest BCUT2D eigenvalue weighted by molar-refractivity contribution is 0.0164. The normalized spacial score (nSPS) is 19.1. The third-order valence-corrected chi connectivity index (χ3v) is 4.90. The molecule has 1 saturated heterocycles. The molecule has 1 fully saturated rings. The molecule has 2 atom stereocenters. The van der Waals surface area contributed by atoms with Gasteiger partial charge >= 0.3 is 6.09 Å². The first-order valence-electron chi connectivity index (χ1n) is 10.1. The van der Waals surface area contributed by atoms with Crippen molar-refractivity contribution >= 4 is 12.0 Å². The van der Waals surface area contributed by atoms with Crippen molar-refractivity contribution in [2.45, 2.75) is 44.8 Å². The van der Waals surface area contributed by atoms with Gasteiger partial charge in [0.25, 0.3) is 5.91 Å². The Balaban J connectivity index is 1.80. The standard InChI is InChI=1S/C23H29N3O4/c1-23(2,3)30-22(28)26-14-17(16-8-7-9-19(13-16)29-4)12-18(15-26)25-21(27)20-10-5-6-11-24-20/h5-11,13,17-18H,12,14-15H2,1-4H3,(H,25,27)/t17-,18+/m0/s1. The van der Waals surface area contributed by atoms with Gasteiger partial charge in [0.05, 0.1) is 7.11 Å². The molecule has 1 aliphatic rings. The van der Waals surface area contributed by atoms with Crippen LogP contribution in [0.4, 0.5) is 4.79 Å². The maximum Gasteiger partial charge on any atom is 0.410 e. The number of methoxy groups -OCH3 is 1. The van der Waals surface area contributed by atoms with E-state index in [-0.39, 0.29) is 24.0 Å². The fraction of sp³-hybridized carbons (Fsp3) is 0.435. The van der Waals surface area contributed by atoms with Crippen LogP contribution in [0, 0.1) is 0 Å². The van der Waals surface area contributed by atoms with Crippen LogP contribution in [0.2, 0.25) is 0 Å². The number of nitrogens with one attached hydrogen (secondary N) is 1. The summed E-state index contributed by atoms with van der Waals surface area (Å²) < 4.78 is 10.9. The number of hydrogen-bond donors (Lipinski definition) is 1. The van der Waals surface area contributed by atoms with E-state index in [9.17, 15) is 9.59 Å². The first-order valence-corrected chi connectivity index (χ1v) is 10.1. The van der Waals surface area contributed by atoms with Crippen molar-refractivity contribution in [1.82, 2.24) is 15.2 Å². The third kappa shape index (κ3) is 5.72. The number of rotatable bonds is 4. The van der Waals surface area contributed by atoms with Crippen LogP contribution >= 0.6 is 0 Å². The smallest absolute Gasteiger partial charge is 0.410 e. The van der Waals surface area contributed by atoms with Crippen LogP contribution in [0.15, 0.2) is 48.7 Å². The van der Waals surface area contributed by atoms with Crippen molar-refractivity contribution in [3.8, 4) is 5.75 Å². The molecule has 7 nitrogen and oxygen atoms in total. The van der Waals surface area contributed by atoms with Gasteiger partial charge in [0.1, 0.15) is 17.0 Å². The van der Waals surface area contributed by atoms with E-state index in [0.717, 1.165) is 11.3 Å². The predicted octanol–water partition coefficient (Wildman–Crippen LogP) is 3.61. The molecule has 30 heavy (non-hydrogen) atoms. The van der Waals surface area contributed by atoms with Gasteiger partial charge in [-0.1, -0.05) is 18.2 Å². The Kier molecular flexibility index (Phi) is 6.59. The van der Waals surface area contributed by atoms with Crippen LogP contribution in [0.1, 0.15) is 49.2 Å². The van der Waals surface area contributed by atoms with Crippen LogP contribution in [-0.4, -0.2) is 53.7 Å². The molecule has 3 rings (SSSR count). The minimum absolute atomic E-state index is 0.0374. The van der Waals surface area contributed by atoms with Gasteiger partial charge in [-0.25, -0.2) is 4.79 Å². The molecule has 1 N–H and O–H groups in total. The number of benzene rings is 1. The van der Waals surface area contributed by atoms with E-state index in [0.29, 0.717) is 25.2 Å². The van der Waals surface area contributed by atoms with E-state index in [4.69, 9.17) is 9.47 Å². The molecule has 1 aromatic carbocycles. The molecular weight excluding hydrogens is 382 g/mol. The zero-order valence-electron chi connectivity index (χ0n) is 17.9. The molecule has 0 radical (unpaired) electrons. The number of likely N-dealkylation sites (tertiary alicyclic amines) is 1. The molecule has 0 unspecified atom stereocenters. The summed E-state index contributed by atoms with van der Waals surface area (Å²) in [5.74, 6) is 0.544. The number of carbonyl (C=O) groups is 2. The van der Waals surface area contributed by atoms with Crippen LogP contribution in [-0.2, 0) is 4.74 Å². The Bertz CT molecular complexity index is 880. The highest BCUT2D eigenvalue weighted by atomic mass is 16.6. The zero-order valence-corrected chi connectivity index (χ0v) is 17.9. The highest BCUT2D eigenvalue weighted by molar-refractivity contribution is 5.92. The maximum absolute atomic E-state index is 12.8. The van der Waals surface area contributed by atoms with Crippen LogP contribution in [0.5, 0.6) is 5.75 Å². The second kappa shape index (κ2) is 9.15. The number of aromatic nitrogens is 1. The molecule has 0 aliphatic carbocycles. The number of pyridine rings is 1. The van der Waals surface area contributed by atoms with Crippen molar-refractivity contribution in [2.24, 2.45) is 0 Å². The molecule has 0 spiro atoms. The average molecular weight is 412 g/mol. The van der Waals surface area contributed by atoms with E-state index in [2.05, 4.69) is 10.3 Å². The Morgan fingerprint density at radius 1 is 1.13 bits per heavy atom. The number of piperidine rings is 1. The topological polar surface area (TPSA) is 80.8 Å². The quantitative estimate of drug-likeness (QED) is 0.831. The fourth-order valence-electron chi connectivity index (χ4n) is 3.57. The lowest BCUT2D eigenvalue weighted by atomic mass is 9.88. The van der Waals surface area contributed by atoms with E-state index < -0.39 is 5.60 Å². The van der Waals surface area contributed by atoms with Crippen molar-refractivity contribution in [2.75, 3.05) is 20.2 Å². The van der Waals surface area contributed by atoms with Crippen molar-refractivity contribution in [1.29, 1.82) is 0 Å². The summed E-state index contributed by atoms with van der Waals surface area (Å²) in [7, 11) is 1.63. The molecule has 0 saturated carbocycles. The van der Waals surface area contributed by atoms with Gasteiger partial charge in [-0.3, -0.25) is 9.78 Å². The van der Waals surface area contributed by atoms with Gasteiger partial charge in [0.15, 0.2) is 0 Å². The number of amides is 2. The predicted molar refractivity (Wildman–Crippen MR) is 114 cm³/mol. The summed E-state index contributed by atoms with van der Waals surface area (Å²) >= 11 is 0. The SMILES string of the molecule is COc1cccc([C@H]2C[C@@H](NC(=O)c3ccccn3)CN(C(=O)OC(C)(C)C)C2)c1.